The number of aromatic nitrogens is 3. The largest absolute Gasteiger partial charge is 0.378 e. The number of anilines is 1. The van der Waals surface area contributed by atoms with Crippen LogP contribution < -0.4 is 10.5 Å². The number of piperidine rings is 1. The van der Waals surface area contributed by atoms with Crippen LogP contribution in [0.1, 0.15) is 12.8 Å². The molecule has 0 atom stereocenters. The van der Waals surface area contributed by atoms with Gasteiger partial charge in [-0.25, -0.2) is 9.97 Å². The van der Waals surface area contributed by atoms with Gasteiger partial charge >= 0.3 is 0 Å². The molecular weight excluding hydrogens is 334 g/mol. The Labute approximate surface area is 151 Å². The number of amides is 1. The first-order chi connectivity index (χ1) is 12.6. The van der Waals surface area contributed by atoms with E-state index < -0.39 is 0 Å². The van der Waals surface area contributed by atoms with Crippen LogP contribution in [0.2, 0.25) is 0 Å². The fourth-order valence-corrected chi connectivity index (χ4v) is 3.73. The average molecular weight is 357 g/mol. The zero-order valence-corrected chi connectivity index (χ0v) is 14.9. The van der Waals surface area contributed by atoms with Crippen molar-refractivity contribution in [3.63, 3.8) is 0 Å². The fraction of sp³-hybridized carbons (Fsp3) is 0.556. The van der Waals surface area contributed by atoms with Crippen LogP contribution in [0.3, 0.4) is 0 Å². The monoisotopic (exact) mass is 357 g/mol. The molecule has 2 fully saturated rings. The average Bonchev–Trinajstić information content (AvgIpc) is 2.71. The molecule has 0 radical (unpaired) electrons. The van der Waals surface area contributed by atoms with Gasteiger partial charge in [-0.05, 0) is 25.0 Å². The molecule has 0 aliphatic carbocycles. The zero-order chi connectivity index (χ0) is 18.1. The van der Waals surface area contributed by atoms with E-state index in [1.165, 1.54) is 0 Å². The normalized spacial score (nSPS) is 19.1. The van der Waals surface area contributed by atoms with E-state index in [4.69, 9.17) is 4.74 Å². The van der Waals surface area contributed by atoms with Crippen molar-refractivity contribution in [1.82, 2.24) is 19.4 Å². The summed E-state index contributed by atoms with van der Waals surface area (Å²) in [6, 6.07) is 3.68. The molecule has 2 aromatic rings. The molecule has 2 aromatic heterocycles. The standard InChI is InChI=1S/C18H23N5O3/c1-21-15-14(3-2-6-19-15)20-16(18(21)25)22-7-4-13(5-8-22)17(24)23-9-11-26-12-10-23/h2-3,6,13H,4-5,7-12H2,1H3. The predicted molar refractivity (Wildman–Crippen MR) is 97.1 cm³/mol. The minimum absolute atomic E-state index is 0.0234. The van der Waals surface area contributed by atoms with Crippen molar-refractivity contribution < 1.29 is 9.53 Å². The SMILES string of the molecule is Cn1c(=O)c(N2CCC(C(=O)N3CCOCC3)CC2)nc2cccnc21. The van der Waals surface area contributed by atoms with E-state index in [1.54, 1.807) is 17.8 Å². The summed E-state index contributed by atoms with van der Waals surface area (Å²) in [6.45, 7) is 3.92. The number of ether oxygens (including phenoxy) is 1. The number of rotatable bonds is 2. The molecule has 0 unspecified atom stereocenters. The molecular formula is C18H23N5O3. The Morgan fingerprint density at radius 3 is 2.65 bits per heavy atom. The van der Waals surface area contributed by atoms with E-state index in [2.05, 4.69) is 9.97 Å². The topological polar surface area (TPSA) is 80.6 Å². The first kappa shape index (κ1) is 17.0. The first-order valence-corrected chi connectivity index (χ1v) is 9.08. The lowest BCUT2D eigenvalue weighted by atomic mass is 9.95. The molecule has 8 nitrogen and oxygen atoms in total. The fourth-order valence-electron chi connectivity index (χ4n) is 3.73. The van der Waals surface area contributed by atoms with Crippen molar-refractivity contribution in [3.05, 3.63) is 28.7 Å². The maximum atomic E-state index is 12.7. The van der Waals surface area contributed by atoms with Gasteiger partial charge in [-0.15, -0.1) is 0 Å². The van der Waals surface area contributed by atoms with E-state index in [9.17, 15) is 9.59 Å². The highest BCUT2D eigenvalue weighted by molar-refractivity contribution is 5.79. The highest BCUT2D eigenvalue weighted by Gasteiger charge is 2.30. The van der Waals surface area contributed by atoms with Gasteiger partial charge in [-0.3, -0.25) is 14.2 Å². The highest BCUT2D eigenvalue weighted by Crippen LogP contribution is 2.23. The van der Waals surface area contributed by atoms with Crippen LogP contribution in [0.5, 0.6) is 0 Å². The van der Waals surface area contributed by atoms with Gasteiger partial charge < -0.3 is 14.5 Å². The van der Waals surface area contributed by atoms with Crippen LogP contribution in [0.15, 0.2) is 23.1 Å². The lowest BCUT2D eigenvalue weighted by Gasteiger charge is -2.35. The molecule has 2 saturated heterocycles. The van der Waals surface area contributed by atoms with Crippen molar-refractivity contribution in [1.29, 1.82) is 0 Å². The number of carbonyl (C=O) groups excluding carboxylic acids is 1. The number of fused-ring (bicyclic) bond motifs is 1. The molecule has 1 amide bonds. The predicted octanol–water partition coefficient (Wildman–Crippen LogP) is 0.404. The summed E-state index contributed by atoms with van der Waals surface area (Å²) in [5.74, 6) is 0.692. The van der Waals surface area contributed by atoms with E-state index in [-0.39, 0.29) is 17.4 Å². The number of aryl methyl sites for hydroxylation is 1. The number of nitrogens with zero attached hydrogens (tertiary/aromatic N) is 5. The molecule has 0 bridgehead atoms. The number of hydrogen-bond acceptors (Lipinski definition) is 6. The molecule has 0 saturated carbocycles. The Bertz CT molecular complexity index is 867. The molecule has 26 heavy (non-hydrogen) atoms. The van der Waals surface area contributed by atoms with E-state index in [1.807, 2.05) is 21.9 Å². The van der Waals surface area contributed by atoms with Crippen molar-refractivity contribution in [2.75, 3.05) is 44.3 Å². The Kier molecular flexibility index (Phi) is 4.58. The van der Waals surface area contributed by atoms with Crippen molar-refractivity contribution in [2.45, 2.75) is 12.8 Å². The zero-order valence-electron chi connectivity index (χ0n) is 14.9. The second-order valence-electron chi connectivity index (χ2n) is 6.84. The Morgan fingerprint density at radius 2 is 1.92 bits per heavy atom. The minimum atomic E-state index is -0.144. The van der Waals surface area contributed by atoms with Gasteiger partial charge in [-0.1, -0.05) is 0 Å². The molecule has 4 rings (SSSR count). The van der Waals surface area contributed by atoms with Crippen LogP contribution in [0.25, 0.3) is 11.2 Å². The van der Waals surface area contributed by atoms with Crippen molar-refractivity contribution in [3.8, 4) is 0 Å². The van der Waals surface area contributed by atoms with Gasteiger partial charge in [0.15, 0.2) is 11.5 Å². The summed E-state index contributed by atoms with van der Waals surface area (Å²) in [4.78, 5) is 38.0. The van der Waals surface area contributed by atoms with Crippen molar-refractivity contribution in [2.24, 2.45) is 13.0 Å². The third kappa shape index (κ3) is 3.05. The van der Waals surface area contributed by atoms with Crippen molar-refractivity contribution >= 4 is 22.9 Å². The summed E-state index contributed by atoms with van der Waals surface area (Å²) in [5, 5.41) is 0. The van der Waals surface area contributed by atoms with Crippen LogP contribution in [-0.4, -0.2) is 64.7 Å². The summed E-state index contributed by atoms with van der Waals surface area (Å²) in [7, 11) is 1.72. The Hall–Kier alpha value is -2.48. The molecule has 2 aliphatic heterocycles. The summed E-state index contributed by atoms with van der Waals surface area (Å²) in [5.41, 5.74) is 1.14. The smallest absolute Gasteiger partial charge is 0.294 e. The third-order valence-corrected chi connectivity index (χ3v) is 5.27. The Morgan fingerprint density at radius 1 is 1.19 bits per heavy atom. The second kappa shape index (κ2) is 7.03. The second-order valence-corrected chi connectivity index (χ2v) is 6.84. The van der Waals surface area contributed by atoms with Gasteiger partial charge in [0.05, 0.1) is 13.2 Å². The first-order valence-electron chi connectivity index (χ1n) is 9.08. The highest BCUT2D eigenvalue weighted by atomic mass is 16.5. The summed E-state index contributed by atoms with van der Waals surface area (Å²) >= 11 is 0. The lowest BCUT2D eigenvalue weighted by molar-refractivity contribution is -0.140. The third-order valence-electron chi connectivity index (χ3n) is 5.27. The number of morpholine rings is 1. The minimum Gasteiger partial charge on any atom is -0.378 e. The van der Waals surface area contributed by atoms with Crippen LogP contribution in [-0.2, 0) is 16.6 Å². The van der Waals surface area contributed by atoms with E-state index in [0.29, 0.717) is 56.4 Å². The molecule has 138 valence electrons. The molecule has 0 spiro atoms. The number of carbonyl (C=O) groups is 1. The van der Waals surface area contributed by atoms with Crippen LogP contribution >= 0.6 is 0 Å². The van der Waals surface area contributed by atoms with E-state index in [0.717, 1.165) is 12.8 Å². The summed E-state index contributed by atoms with van der Waals surface area (Å²) in [6.07, 6.45) is 3.14. The lowest BCUT2D eigenvalue weighted by Crippen LogP contribution is -2.47. The van der Waals surface area contributed by atoms with Crippen LogP contribution in [0.4, 0.5) is 5.82 Å². The maximum Gasteiger partial charge on any atom is 0.294 e. The van der Waals surface area contributed by atoms with Crippen LogP contribution in [0, 0.1) is 5.92 Å². The van der Waals surface area contributed by atoms with Gasteiger partial charge in [0.2, 0.25) is 5.91 Å². The maximum absolute atomic E-state index is 12.7. The number of hydrogen-bond donors (Lipinski definition) is 0. The molecule has 0 N–H and O–H groups in total. The van der Waals surface area contributed by atoms with Gasteiger partial charge in [0, 0.05) is 45.3 Å². The van der Waals surface area contributed by atoms with E-state index >= 15 is 0 Å². The van der Waals surface area contributed by atoms with Gasteiger partial charge in [0.25, 0.3) is 5.56 Å². The Balaban J connectivity index is 1.50. The molecule has 0 aromatic carbocycles. The molecule has 4 heterocycles. The molecule has 2 aliphatic rings. The van der Waals surface area contributed by atoms with Gasteiger partial charge in [0.1, 0.15) is 5.52 Å². The quantitative estimate of drug-likeness (QED) is 0.774. The number of pyridine rings is 1. The van der Waals surface area contributed by atoms with Gasteiger partial charge in [-0.2, -0.15) is 0 Å². The summed E-state index contributed by atoms with van der Waals surface area (Å²) < 4.78 is 6.86. The molecule has 8 heteroatoms.